The highest BCUT2D eigenvalue weighted by Gasteiger charge is 2.48. The van der Waals surface area contributed by atoms with Gasteiger partial charge < -0.3 is 0 Å². The fourth-order valence-corrected chi connectivity index (χ4v) is 1.82. The SMILES string of the molecule is Cc1cc(C(F)(F)F)cc(C(F)(F)C2CC2)c1. The first kappa shape index (κ1) is 12.3. The largest absolute Gasteiger partial charge is 0.416 e. The lowest BCUT2D eigenvalue weighted by molar-refractivity contribution is -0.137. The van der Waals surface area contributed by atoms with Crippen LogP contribution in [0.5, 0.6) is 0 Å². The minimum atomic E-state index is -4.58. The summed E-state index contributed by atoms with van der Waals surface area (Å²) in [6.07, 6.45) is -3.83. The molecule has 0 N–H and O–H groups in total. The lowest BCUT2D eigenvalue weighted by Gasteiger charge is -2.18. The van der Waals surface area contributed by atoms with Gasteiger partial charge in [0.05, 0.1) is 5.56 Å². The molecule has 0 bridgehead atoms. The fourth-order valence-electron chi connectivity index (χ4n) is 1.82. The van der Waals surface area contributed by atoms with E-state index in [-0.39, 0.29) is 5.56 Å². The van der Waals surface area contributed by atoms with Crippen molar-refractivity contribution in [3.63, 3.8) is 0 Å². The molecule has 0 atom stereocenters. The molecule has 2 rings (SSSR count). The third kappa shape index (κ3) is 2.42. The molecule has 1 aromatic rings. The molecule has 0 amide bonds. The normalized spacial score (nSPS) is 17.3. The third-order valence-corrected chi connectivity index (χ3v) is 2.88. The summed E-state index contributed by atoms with van der Waals surface area (Å²) in [5.74, 6) is -3.95. The molecule has 1 aliphatic carbocycles. The zero-order valence-corrected chi connectivity index (χ0v) is 9.11. The molecule has 1 saturated carbocycles. The van der Waals surface area contributed by atoms with E-state index in [0.717, 1.165) is 12.1 Å². The standard InChI is InChI=1S/C12H11F5/c1-7-4-9(11(13,14)8-2-3-8)6-10(5-7)12(15,16)17/h4-6,8H,2-3H2,1H3. The van der Waals surface area contributed by atoms with Crippen molar-refractivity contribution in [2.24, 2.45) is 5.92 Å². The summed E-state index contributed by atoms with van der Waals surface area (Å²) in [6.45, 7) is 1.39. The summed E-state index contributed by atoms with van der Waals surface area (Å²) in [6, 6.07) is 2.57. The van der Waals surface area contributed by atoms with Gasteiger partial charge in [-0.05, 0) is 31.9 Å². The molecule has 1 aromatic carbocycles. The third-order valence-electron chi connectivity index (χ3n) is 2.88. The van der Waals surface area contributed by atoms with Crippen molar-refractivity contribution in [1.29, 1.82) is 0 Å². The molecule has 0 spiro atoms. The van der Waals surface area contributed by atoms with Crippen LogP contribution in [-0.2, 0) is 12.1 Å². The molecule has 0 nitrogen and oxygen atoms in total. The van der Waals surface area contributed by atoms with Gasteiger partial charge in [-0.25, -0.2) is 8.78 Å². The average Bonchev–Trinajstić information content (AvgIpc) is 2.98. The number of benzene rings is 1. The van der Waals surface area contributed by atoms with Crippen LogP contribution >= 0.6 is 0 Å². The summed E-state index contributed by atoms with van der Waals surface area (Å²) in [5.41, 5.74) is -1.32. The molecule has 0 saturated heterocycles. The van der Waals surface area contributed by atoms with Crippen LogP contribution in [0.15, 0.2) is 18.2 Å². The maximum absolute atomic E-state index is 13.7. The lowest BCUT2D eigenvalue weighted by atomic mass is 9.99. The second-order valence-electron chi connectivity index (χ2n) is 4.48. The van der Waals surface area contributed by atoms with Crippen LogP contribution in [0.1, 0.15) is 29.5 Å². The van der Waals surface area contributed by atoms with Crippen LogP contribution in [0.4, 0.5) is 22.0 Å². The summed E-state index contributed by atoms with van der Waals surface area (Å²) in [4.78, 5) is 0. The summed E-state index contributed by atoms with van der Waals surface area (Å²) in [7, 11) is 0. The Hall–Kier alpha value is -1.13. The van der Waals surface area contributed by atoms with Gasteiger partial charge in [0, 0.05) is 11.5 Å². The molecule has 0 radical (unpaired) electrons. The molecule has 0 aromatic heterocycles. The number of hydrogen-bond donors (Lipinski definition) is 0. The number of aryl methyl sites for hydroxylation is 1. The zero-order chi connectivity index (χ0) is 12.8. The monoisotopic (exact) mass is 250 g/mol. The first-order valence-corrected chi connectivity index (χ1v) is 5.28. The first-order chi connectivity index (χ1) is 7.71. The van der Waals surface area contributed by atoms with E-state index in [4.69, 9.17) is 0 Å². The van der Waals surface area contributed by atoms with E-state index in [9.17, 15) is 22.0 Å². The summed E-state index contributed by atoms with van der Waals surface area (Å²) >= 11 is 0. The Labute approximate surface area is 95.4 Å². The minimum absolute atomic E-state index is 0.204. The number of alkyl halides is 5. The van der Waals surface area contributed by atoms with Gasteiger partial charge in [-0.3, -0.25) is 0 Å². The van der Waals surface area contributed by atoms with E-state index in [2.05, 4.69) is 0 Å². The van der Waals surface area contributed by atoms with Crippen molar-refractivity contribution in [2.45, 2.75) is 31.9 Å². The van der Waals surface area contributed by atoms with Crippen molar-refractivity contribution in [2.75, 3.05) is 0 Å². The van der Waals surface area contributed by atoms with Crippen molar-refractivity contribution >= 4 is 0 Å². The quantitative estimate of drug-likeness (QED) is 0.677. The predicted octanol–water partition coefficient (Wildman–Crippen LogP) is 4.52. The van der Waals surface area contributed by atoms with Crippen LogP contribution < -0.4 is 0 Å². The number of rotatable bonds is 2. The van der Waals surface area contributed by atoms with E-state index in [0.29, 0.717) is 18.9 Å². The maximum Gasteiger partial charge on any atom is 0.416 e. The molecule has 17 heavy (non-hydrogen) atoms. The topological polar surface area (TPSA) is 0 Å². The van der Waals surface area contributed by atoms with Gasteiger partial charge in [-0.15, -0.1) is 0 Å². The Balaban J connectivity index is 2.45. The van der Waals surface area contributed by atoms with Crippen LogP contribution in [0.3, 0.4) is 0 Å². The van der Waals surface area contributed by atoms with Gasteiger partial charge in [0.15, 0.2) is 0 Å². The predicted molar refractivity (Wildman–Crippen MR) is 52.8 cm³/mol. The van der Waals surface area contributed by atoms with E-state index >= 15 is 0 Å². The Morgan fingerprint density at radius 1 is 0.941 bits per heavy atom. The molecule has 0 aliphatic heterocycles. The summed E-state index contributed by atoms with van der Waals surface area (Å²) < 4.78 is 65.0. The zero-order valence-electron chi connectivity index (χ0n) is 9.11. The minimum Gasteiger partial charge on any atom is -0.201 e. The van der Waals surface area contributed by atoms with Crippen LogP contribution in [0.25, 0.3) is 0 Å². The highest BCUT2D eigenvalue weighted by atomic mass is 19.4. The van der Waals surface area contributed by atoms with Gasteiger partial charge in [-0.1, -0.05) is 11.6 Å². The second-order valence-corrected chi connectivity index (χ2v) is 4.48. The number of halogens is 5. The fraction of sp³-hybridized carbons (Fsp3) is 0.500. The van der Waals surface area contributed by atoms with E-state index in [1.54, 1.807) is 0 Å². The Morgan fingerprint density at radius 2 is 1.47 bits per heavy atom. The molecular formula is C12H11F5. The van der Waals surface area contributed by atoms with E-state index in [1.165, 1.54) is 6.92 Å². The highest BCUT2D eigenvalue weighted by Crippen LogP contribution is 2.50. The van der Waals surface area contributed by atoms with E-state index < -0.39 is 29.1 Å². The van der Waals surface area contributed by atoms with Crippen molar-refractivity contribution in [1.82, 2.24) is 0 Å². The second kappa shape index (κ2) is 3.68. The molecule has 0 unspecified atom stereocenters. The Kier molecular flexibility index (Phi) is 2.67. The highest BCUT2D eigenvalue weighted by molar-refractivity contribution is 5.34. The molecule has 1 aliphatic rings. The van der Waals surface area contributed by atoms with Gasteiger partial charge in [-0.2, -0.15) is 13.2 Å². The van der Waals surface area contributed by atoms with Gasteiger partial charge in [0.2, 0.25) is 0 Å². The van der Waals surface area contributed by atoms with Crippen LogP contribution in [0.2, 0.25) is 0 Å². The Morgan fingerprint density at radius 3 is 1.94 bits per heavy atom. The smallest absolute Gasteiger partial charge is 0.201 e. The van der Waals surface area contributed by atoms with Crippen molar-refractivity contribution < 1.29 is 22.0 Å². The summed E-state index contributed by atoms with van der Waals surface area (Å²) in [5, 5.41) is 0. The molecule has 5 heteroatoms. The lowest BCUT2D eigenvalue weighted by Crippen LogP contribution is -2.18. The van der Waals surface area contributed by atoms with Crippen LogP contribution in [0, 0.1) is 12.8 Å². The Bertz CT molecular complexity index is 429. The molecule has 1 fully saturated rings. The van der Waals surface area contributed by atoms with Crippen molar-refractivity contribution in [3.8, 4) is 0 Å². The average molecular weight is 250 g/mol. The first-order valence-electron chi connectivity index (χ1n) is 5.28. The van der Waals surface area contributed by atoms with E-state index in [1.807, 2.05) is 0 Å². The van der Waals surface area contributed by atoms with Crippen molar-refractivity contribution in [3.05, 3.63) is 34.9 Å². The number of hydrogen-bond acceptors (Lipinski definition) is 0. The van der Waals surface area contributed by atoms with Gasteiger partial charge in [0.1, 0.15) is 0 Å². The van der Waals surface area contributed by atoms with Crippen LogP contribution in [-0.4, -0.2) is 0 Å². The van der Waals surface area contributed by atoms with Gasteiger partial charge >= 0.3 is 6.18 Å². The van der Waals surface area contributed by atoms with Gasteiger partial charge in [0.25, 0.3) is 5.92 Å². The maximum atomic E-state index is 13.7. The molecule has 0 heterocycles. The molecular weight excluding hydrogens is 239 g/mol. The molecule has 94 valence electrons.